The van der Waals surface area contributed by atoms with Crippen molar-refractivity contribution in [1.82, 2.24) is 9.38 Å². The van der Waals surface area contributed by atoms with Gasteiger partial charge < -0.3 is 15.5 Å². The van der Waals surface area contributed by atoms with E-state index in [-0.39, 0.29) is 0 Å². The number of benzene rings is 2. The van der Waals surface area contributed by atoms with Gasteiger partial charge in [0.1, 0.15) is 0 Å². The fourth-order valence-electron chi connectivity index (χ4n) is 4.29. The number of rotatable bonds is 10. The van der Waals surface area contributed by atoms with E-state index in [0.29, 0.717) is 6.41 Å². The Bertz CT molecular complexity index is 1220. The molecular weight excluding hydrogens is 410 g/mol. The van der Waals surface area contributed by atoms with Gasteiger partial charge in [-0.25, -0.2) is 4.98 Å². The van der Waals surface area contributed by atoms with E-state index < -0.39 is 0 Å². The molecule has 0 aliphatic heterocycles. The van der Waals surface area contributed by atoms with E-state index in [1.165, 1.54) is 11.3 Å². The number of pyridine rings is 1. The second-order valence-electron chi connectivity index (χ2n) is 8.21. The molecule has 0 saturated heterocycles. The van der Waals surface area contributed by atoms with Crippen molar-refractivity contribution in [2.45, 2.75) is 33.6 Å². The number of imidazole rings is 1. The van der Waals surface area contributed by atoms with Gasteiger partial charge in [0.15, 0.2) is 5.65 Å². The standard InChI is InChI=1S/C27H31N5O/c1-4-15-31(16-5-2)25-12-10-23(18-20(25)3)30-24-11-13-26(32-17-14-28-27(24)32)21-6-8-22(9-7-21)29-19-33/h6-14,17-19,30H,4-5,15-16H2,1-3H3,(H,29,33). The SMILES string of the molecule is CCCN(CCC)c1ccc(Nc2ccc(-c3ccc(NC=O)cc3)n3ccnc23)cc1C. The van der Waals surface area contributed by atoms with Crippen molar-refractivity contribution in [3.8, 4) is 11.3 Å². The summed E-state index contributed by atoms with van der Waals surface area (Å²) in [6.45, 7) is 8.78. The first-order valence-electron chi connectivity index (χ1n) is 11.5. The molecular formula is C27H31N5O. The van der Waals surface area contributed by atoms with E-state index in [1.54, 1.807) is 0 Å². The zero-order valence-corrected chi connectivity index (χ0v) is 19.5. The number of aryl methyl sites for hydroxylation is 1. The zero-order chi connectivity index (χ0) is 23.2. The van der Waals surface area contributed by atoms with Crippen LogP contribution in [-0.2, 0) is 4.79 Å². The van der Waals surface area contributed by atoms with Gasteiger partial charge in [-0.05, 0) is 73.4 Å². The zero-order valence-electron chi connectivity index (χ0n) is 19.5. The summed E-state index contributed by atoms with van der Waals surface area (Å²) in [6.07, 6.45) is 6.74. The quantitative estimate of drug-likeness (QED) is 0.286. The fourth-order valence-corrected chi connectivity index (χ4v) is 4.29. The second-order valence-corrected chi connectivity index (χ2v) is 8.21. The second kappa shape index (κ2) is 10.2. The molecule has 2 aromatic heterocycles. The Balaban J connectivity index is 1.61. The van der Waals surface area contributed by atoms with E-state index in [1.807, 2.05) is 36.7 Å². The van der Waals surface area contributed by atoms with Crippen molar-refractivity contribution in [2.75, 3.05) is 28.6 Å². The van der Waals surface area contributed by atoms with Gasteiger partial charge in [-0.3, -0.25) is 9.20 Å². The van der Waals surface area contributed by atoms with Crippen LogP contribution in [0.2, 0.25) is 0 Å². The molecule has 170 valence electrons. The predicted molar refractivity (Wildman–Crippen MR) is 138 cm³/mol. The number of aromatic nitrogens is 2. The first kappa shape index (κ1) is 22.4. The van der Waals surface area contributed by atoms with Crippen molar-refractivity contribution in [3.05, 3.63) is 72.6 Å². The van der Waals surface area contributed by atoms with Crippen LogP contribution in [0.15, 0.2) is 67.0 Å². The molecule has 2 heterocycles. The maximum absolute atomic E-state index is 10.7. The van der Waals surface area contributed by atoms with E-state index in [9.17, 15) is 4.79 Å². The highest BCUT2D eigenvalue weighted by Crippen LogP contribution is 2.30. The van der Waals surface area contributed by atoms with E-state index in [4.69, 9.17) is 0 Å². The number of carbonyl (C=O) groups excluding carboxylic acids is 1. The van der Waals surface area contributed by atoms with Gasteiger partial charge in [0.05, 0.1) is 11.4 Å². The third-order valence-electron chi connectivity index (χ3n) is 5.76. The number of amides is 1. The number of hydrogen-bond donors (Lipinski definition) is 2. The minimum atomic E-state index is 0.683. The monoisotopic (exact) mass is 441 g/mol. The summed E-state index contributed by atoms with van der Waals surface area (Å²) >= 11 is 0. The normalized spacial score (nSPS) is 10.9. The lowest BCUT2D eigenvalue weighted by Gasteiger charge is -2.26. The lowest BCUT2D eigenvalue weighted by molar-refractivity contribution is -0.105. The van der Waals surface area contributed by atoms with Crippen molar-refractivity contribution >= 4 is 34.8 Å². The molecule has 0 atom stereocenters. The van der Waals surface area contributed by atoms with E-state index >= 15 is 0 Å². The molecule has 0 radical (unpaired) electrons. The van der Waals surface area contributed by atoms with Crippen LogP contribution in [0.5, 0.6) is 0 Å². The van der Waals surface area contributed by atoms with Crippen LogP contribution in [0.1, 0.15) is 32.3 Å². The predicted octanol–water partition coefficient (Wildman–Crippen LogP) is 6.25. The molecule has 0 fully saturated rings. The van der Waals surface area contributed by atoms with Gasteiger partial charge in [-0.1, -0.05) is 26.0 Å². The average molecular weight is 442 g/mol. The van der Waals surface area contributed by atoms with Gasteiger partial charge in [-0.15, -0.1) is 0 Å². The fraction of sp³-hybridized carbons (Fsp3) is 0.259. The van der Waals surface area contributed by atoms with Gasteiger partial charge in [-0.2, -0.15) is 0 Å². The number of carbonyl (C=O) groups is 1. The lowest BCUT2D eigenvalue weighted by atomic mass is 10.1. The molecule has 2 aromatic carbocycles. The Hall–Kier alpha value is -3.80. The largest absolute Gasteiger partial charge is 0.371 e. The number of hydrogen-bond acceptors (Lipinski definition) is 4. The summed E-state index contributed by atoms with van der Waals surface area (Å²) in [4.78, 5) is 17.7. The molecule has 6 nitrogen and oxygen atoms in total. The summed E-state index contributed by atoms with van der Waals surface area (Å²) in [6, 6.07) is 18.5. The Kier molecular flexibility index (Phi) is 6.93. The molecule has 2 N–H and O–H groups in total. The van der Waals surface area contributed by atoms with Crippen LogP contribution in [-0.4, -0.2) is 28.9 Å². The van der Waals surface area contributed by atoms with Crippen molar-refractivity contribution < 1.29 is 4.79 Å². The molecule has 0 aliphatic carbocycles. The van der Waals surface area contributed by atoms with Crippen LogP contribution in [0.4, 0.5) is 22.7 Å². The molecule has 6 heteroatoms. The topological polar surface area (TPSA) is 61.7 Å². The number of nitrogens with zero attached hydrogens (tertiary/aromatic N) is 3. The maximum atomic E-state index is 10.7. The van der Waals surface area contributed by atoms with Gasteiger partial charge in [0.25, 0.3) is 0 Å². The molecule has 0 unspecified atom stereocenters. The highest BCUT2D eigenvalue weighted by atomic mass is 16.1. The van der Waals surface area contributed by atoms with Gasteiger partial charge in [0.2, 0.25) is 6.41 Å². The van der Waals surface area contributed by atoms with E-state index in [0.717, 1.165) is 59.9 Å². The van der Waals surface area contributed by atoms with Crippen LogP contribution in [0.3, 0.4) is 0 Å². The smallest absolute Gasteiger partial charge is 0.211 e. The van der Waals surface area contributed by atoms with Gasteiger partial charge in [0, 0.05) is 42.5 Å². The first-order chi connectivity index (χ1) is 16.1. The summed E-state index contributed by atoms with van der Waals surface area (Å²) in [5.41, 5.74) is 8.28. The molecule has 4 rings (SSSR count). The minimum absolute atomic E-state index is 0.683. The molecule has 4 aromatic rings. The van der Waals surface area contributed by atoms with Crippen molar-refractivity contribution in [2.24, 2.45) is 0 Å². The molecule has 1 amide bonds. The third kappa shape index (κ3) is 4.85. The van der Waals surface area contributed by atoms with E-state index in [2.05, 4.69) is 76.0 Å². The Morgan fingerprint density at radius 3 is 2.36 bits per heavy atom. The maximum Gasteiger partial charge on any atom is 0.211 e. The Morgan fingerprint density at radius 2 is 1.70 bits per heavy atom. The van der Waals surface area contributed by atoms with Crippen LogP contribution in [0.25, 0.3) is 16.9 Å². The van der Waals surface area contributed by atoms with Crippen molar-refractivity contribution in [1.29, 1.82) is 0 Å². The number of fused-ring (bicyclic) bond motifs is 1. The first-order valence-corrected chi connectivity index (χ1v) is 11.5. The molecule has 0 bridgehead atoms. The molecule has 33 heavy (non-hydrogen) atoms. The minimum Gasteiger partial charge on any atom is -0.371 e. The van der Waals surface area contributed by atoms with Crippen LogP contribution >= 0.6 is 0 Å². The van der Waals surface area contributed by atoms with Crippen LogP contribution < -0.4 is 15.5 Å². The summed E-state index contributed by atoms with van der Waals surface area (Å²) in [7, 11) is 0. The Labute approximate surface area is 195 Å². The highest BCUT2D eigenvalue weighted by Gasteiger charge is 2.12. The molecule has 0 saturated carbocycles. The third-order valence-corrected chi connectivity index (χ3v) is 5.76. The Morgan fingerprint density at radius 1 is 0.970 bits per heavy atom. The van der Waals surface area contributed by atoms with Crippen molar-refractivity contribution in [3.63, 3.8) is 0 Å². The number of anilines is 4. The summed E-state index contributed by atoms with van der Waals surface area (Å²) < 4.78 is 2.08. The highest BCUT2D eigenvalue weighted by molar-refractivity contribution is 5.80. The average Bonchev–Trinajstić information content (AvgIpc) is 3.31. The van der Waals surface area contributed by atoms with Gasteiger partial charge >= 0.3 is 0 Å². The lowest BCUT2D eigenvalue weighted by Crippen LogP contribution is -2.25. The summed E-state index contributed by atoms with van der Waals surface area (Å²) in [5, 5.41) is 6.23. The van der Waals surface area contributed by atoms with Crippen LogP contribution in [0, 0.1) is 6.92 Å². The summed E-state index contributed by atoms with van der Waals surface area (Å²) in [5.74, 6) is 0. The molecule has 0 spiro atoms. The number of nitrogens with one attached hydrogen (secondary N) is 2. The molecule has 0 aliphatic rings.